The highest BCUT2D eigenvalue weighted by Crippen LogP contribution is 2.03. The Morgan fingerprint density at radius 2 is 1.11 bits per heavy atom. The van der Waals surface area contributed by atoms with Crippen molar-refractivity contribution in [3.8, 4) is 0 Å². The summed E-state index contributed by atoms with van der Waals surface area (Å²) in [4.78, 5) is 44.1. The molecule has 0 N–H and O–H groups in total. The van der Waals surface area contributed by atoms with E-state index < -0.39 is 34.8 Å². The Hall–Kier alpha value is -2.26. The van der Waals surface area contributed by atoms with Gasteiger partial charge in [-0.25, -0.2) is 0 Å². The Bertz CT molecular complexity index is 340. The van der Waals surface area contributed by atoms with Crippen LogP contribution in [0.3, 0.4) is 0 Å². The maximum absolute atomic E-state index is 11.3. The number of carbonyl (C=O) groups excluding carboxylic acids is 2. The van der Waals surface area contributed by atoms with E-state index in [1.165, 1.54) is 9.80 Å². The van der Waals surface area contributed by atoms with Gasteiger partial charge < -0.3 is 9.80 Å². The fourth-order valence-corrected chi connectivity index (χ4v) is 1.63. The van der Waals surface area contributed by atoms with E-state index in [-0.39, 0.29) is 26.2 Å². The van der Waals surface area contributed by atoms with Gasteiger partial charge in [-0.05, 0) is 0 Å². The quantitative estimate of drug-likeness (QED) is 0.434. The van der Waals surface area contributed by atoms with Crippen LogP contribution in [0.25, 0.3) is 0 Å². The van der Waals surface area contributed by atoms with Crippen molar-refractivity contribution in [2.75, 3.05) is 39.3 Å². The SMILES string of the molecule is O=C(C[N+](=O)[O-])N1CCN(C(=O)C[N+](=O)[O-])CC1. The van der Waals surface area contributed by atoms with Gasteiger partial charge in [-0.1, -0.05) is 0 Å². The largest absolute Gasteiger partial charge is 0.333 e. The van der Waals surface area contributed by atoms with Gasteiger partial charge in [-0.3, -0.25) is 29.8 Å². The summed E-state index contributed by atoms with van der Waals surface area (Å²) >= 11 is 0. The Labute approximate surface area is 101 Å². The fraction of sp³-hybridized carbons (Fsp3) is 0.750. The number of piperazine rings is 1. The lowest BCUT2D eigenvalue weighted by molar-refractivity contribution is -0.469. The molecule has 18 heavy (non-hydrogen) atoms. The molecule has 1 saturated heterocycles. The van der Waals surface area contributed by atoms with E-state index in [0.29, 0.717) is 0 Å². The van der Waals surface area contributed by atoms with Gasteiger partial charge in [0.2, 0.25) is 0 Å². The van der Waals surface area contributed by atoms with Gasteiger partial charge in [-0.2, -0.15) is 0 Å². The first-order valence-electron chi connectivity index (χ1n) is 5.19. The van der Waals surface area contributed by atoms with Crippen molar-refractivity contribution in [3.63, 3.8) is 0 Å². The summed E-state index contributed by atoms with van der Waals surface area (Å²) in [5.74, 6) is -1.22. The van der Waals surface area contributed by atoms with E-state index >= 15 is 0 Å². The van der Waals surface area contributed by atoms with Crippen molar-refractivity contribution < 1.29 is 19.4 Å². The lowest BCUT2D eigenvalue weighted by atomic mass is 10.3. The zero-order chi connectivity index (χ0) is 13.7. The second-order valence-corrected chi connectivity index (χ2v) is 3.74. The number of nitrogens with zero attached hydrogens (tertiary/aromatic N) is 4. The van der Waals surface area contributed by atoms with Gasteiger partial charge in [0.25, 0.3) is 24.9 Å². The smallest absolute Gasteiger partial charge is 0.294 e. The first-order valence-corrected chi connectivity index (χ1v) is 5.19. The molecule has 10 heteroatoms. The van der Waals surface area contributed by atoms with Gasteiger partial charge in [0.15, 0.2) is 0 Å². The number of hydrogen-bond acceptors (Lipinski definition) is 6. The van der Waals surface area contributed by atoms with E-state index in [2.05, 4.69) is 0 Å². The monoisotopic (exact) mass is 260 g/mol. The Kier molecular flexibility index (Phi) is 4.52. The highest BCUT2D eigenvalue weighted by molar-refractivity contribution is 5.79. The van der Waals surface area contributed by atoms with Crippen LogP contribution in [0.15, 0.2) is 0 Å². The topological polar surface area (TPSA) is 127 Å². The minimum Gasteiger partial charge on any atom is -0.333 e. The molecule has 1 fully saturated rings. The summed E-state index contributed by atoms with van der Waals surface area (Å²) in [5.41, 5.74) is 0. The summed E-state index contributed by atoms with van der Waals surface area (Å²) in [6.07, 6.45) is 0. The van der Waals surface area contributed by atoms with Crippen molar-refractivity contribution in [1.29, 1.82) is 0 Å². The van der Waals surface area contributed by atoms with Gasteiger partial charge in [-0.15, -0.1) is 0 Å². The van der Waals surface area contributed by atoms with Crippen molar-refractivity contribution in [2.45, 2.75) is 0 Å². The predicted octanol–water partition coefficient (Wildman–Crippen LogP) is -1.79. The molecule has 0 aromatic heterocycles. The molecule has 0 saturated carbocycles. The van der Waals surface area contributed by atoms with Crippen LogP contribution in [0, 0.1) is 20.2 Å². The predicted molar refractivity (Wildman–Crippen MR) is 56.9 cm³/mol. The number of rotatable bonds is 4. The normalized spacial score (nSPS) is 15.3. The van der Waals surface area contributed by atoms with Gasteiger partial charge in [0.05, 0.1) is 0 Å². The Morgan fingerprint density at radius 1 is 0.833 bits per heavy atom. The maximum Gasteiger partial charge on any atom is 0.294 e. The number of amides is 2. The van der Waals surface area contributed by atoms with Crippen LogP contribution in [0.2, 0.25) is 0 Å². The molecule has 1 heterocycles. The van der Waals surface area contributed by atoms with Crippen LogP contribution in [0.4, 0.5) is 0 Å². The zero-order valence-corrected chi connectivity index (χ0v) is 9.48. The Morgan fingerprint density at radius 3 is 1.33 bits per heavy atom. The molecule has 0 aromatic carbocycles. The van der Waals surface area contributed by atoms with Crippen LogP contribution in [0.5, 0.6) is 0 Å². The fourth-order valence-electron chi connectivity index (χ4n) is 1.63. The summed E-state index contributed by atoms with van der Waals surface area (Å²) in [6.45, 7) is -0.899. The highest BCUT2D eigenvalue weighted by Gasteiger charge is 2.27. The van der Waals surface area contributed by atoms with Crippen LogP contribution < -0.4 is 0 Å². The lowest BCUT2D eigenvalue weighted by Crippen LogP contribution is -2.52. The minimum atomic E-state index is -0.775. The summed E-state index contributed by atoms with van der Waals surface area (Å²) in [7, 11) is 0. The third-order valence-corrected chi connectivity index (χ3v) is 2.51. The van der Waals surface area contributed by atoms with Crippen molar-refractivity contribution in [3.05, 3.63) is 20.2 Å². The molecule has 1 aliphatic heterocycles. The third kappa shape index (κ3) is 3.96. The molecular formula is C8H12N4O6. The average molecular weight is 260 g/mol. The van der Waals surface area contributed by atoms with Crippen molar-refractivity contribution >= 4 is 11.8 Å². The molecule has 10 nitrogen and oxygen atoms in total. The standard InChI is InChI=1S/C8H12N4O6/c13-7(5-11(15)16)9-1-2-10(4-3-9)8(14)6-12(17)18/h1-6H2. The first kappa shape index (κ1) is 13.8. The molecule has 0 aromatic rings. The number of hydrogen-bond donors (Lipinski definition) is 0. The van der Waals surface area contributed by atoms with Crippen molar-refractivity contribution in [2.24, 2.45) is 0 Å². The molecule has 0 bridgehead atoms. The van der Waals surface area contributed by atoms with Crippen LogP contribution in [0.1, 0.15) is 0 Å². The molecule has 1 rings (SSSR count). The van der Waals surface area contributed by atoms with Crippen LogP contribution in [-0.2, 0) is 9.59 Å². The van der Waals surface area contributed by atoms with Gasteiger partial charge >= 0.3 is 0 Å². The second-order valence-electron chi connectivity index (χ2n) is 3.74. The van der Waals surface area contributed by atoms with E-state index in [9.17, 15) is 29.8 Å². The molecule has 0 atom stereocenters. The van der Waals surface area contributed by atoms with Crippen LogP contribution in [-0.4, -0.2) is 70.7 Å². The average Bonchev–Trinajstić information content (AvgIpc) is 2.27. The number of nitro groups is 2. The molecule has 0 unspecified atom stereocenters. The molecule has 100 valence electrons. The van der Waals surface area contributed by atoms with Gasteiger partial charge in [0.1, 0.15) is 0 Å². The van der Waals surface area contributed by atoms with E-state index in [1.54, 1.807) is 0 Å². The highest BCUT2D eigenvalue weighted by atomic mass is 16.6. The molecular weight excluding hydrogens is 248 g/mol. The minimum absolute atomic E-state index is 0.163. The molecule has 0 spiro atoms. The maximum atomic E-state index is 11.3. The zero-order valence-electron chi connectivity index (χ0n) is 9.48. The summed E-state index contributed by atoms with van der Waals surface area (Å²) in [5, 5.41) is 20.3. The lowest BCUT2D eigenvalue weighted by Gasteiger charge is -2.33. The van der Waals surface area contributed by atoms with E-state index in [0.717, 1.165) is 0 Å². The molecule has 2 amide bonds. The van der Waals surface area contributed by atoms with E-state index in [1.807, 2.05) is 0 Å². The molecule has 0 aliphatic carbocycles. The third-order valence-electron chi connectivity index (χ3n) is 2.51. The second kappa shape index (κ2) is 5.89. The number of carbonyl (C=O) groups is 2. The van der Waals surface area contributed by atoms with E-state index in [4.69, 9.17) is 0 Å². The summed E-state index contributed by atoms with van der Waals surface area (Å²) in [6, 6.07) is 0. The van der Waals surface area contributed by atoms with Crippen molar-refractivity contribution in [1.82, 2.24) is 9.80 Å². The molecule has 0 radical (unpaired) electrons. The first-order chi connectivity index (χ1) is 8.40. The molecule has 1 aliphatic rings. The Balaban J connectivity index is 2.41. The summed E-state index contributed by atoms with van der Waals surface area (Å²) < 4.78 is 0. The van der Waals surface area contributed by atoms with Gasteiger partial charge in [0, 0.05) is 36.0 Å². The van der Waals surface area contributed by atoms with Crippen LogP contribution >= 0.6 is 0 Å².